The number of nitrogens with zero attached hydrogens (tertiary/aromatic N) is 3. The summed E-state index contributed by atoms with van der Waals surface area (Å²) in [5.41, 5.74) is -0.485. The molecule has 24 heavy (non-hydrogen) atoms. The summed E-state index contributed by atoms with van der Waals surface area (Å²) in [6, 6.07) is 4.07. The van der Waals surface area contributed by atoms with Gasteiger partial charge in [0.1, 0.15) is 5.75 Å². The van der Waals surface area contributed by atoms with E-state index in [1.54, 1.807) is 6.92 Å². The molecule has 0 radical (unpaired) electrons. The van der Waals surface area contributed by atoms with Crippen LogP contribution in [-0.2, 0) is 21.8 Å². The van der Waals surface area contributed by atoms with Gasteiger partial charge in [-0.05, 0) is 24.6 Å². The summed E-state index contributed by atoms with van der Waals surface area (Å²) in [6.45, 7) is 1.60. The van der Waals surface area contributed by atoms with Crippen molar-refractivity contribution >= 4 is 22.5 Å². The summed E-state index contributed by atoms with van der Waals surface area (Å²) in [5.74, 6) is -0.613. The van der Waals surface area contributed by atoms with Crippen molar-refractivity contribution in [3.05, 3.63) is 47.8 Å². The first kappa shape index (κ1) is 16.6. The maximum absolute atomic E-state index is 12.9. The van der Waals surface area contributed by atoms with E-state index >= 15 is 0 Å². The fraction of sp³-hybridized carbons (Fsp3) is 0.267. The van der Waals surface area contributed by atoms with Crippen LogP contribution in [0.3, 0.4) is 0 Å². The largest absolute Gasteiger partial charge is 0.416 e. The SMILES string of the molecule is CC(c1cccc(C(F)(F)F)c1)N1C(=O)CS(=O)c2nccnc21. The number of anilines is 1. The number of rotatable bonds is 2. The summed E-state index contributed by atoms with van der Waals surface area (Å²) in [5, 5.41) is 0.163. The van der Waals surface area contributed by atoms with Gasteiger partial charge in [-0.25, -0.2) is 9.97 Å². The van der Waals surface area contributed by atoms with Crippen LogP contribution in [0.15, 0.2) is 41.7 Å². The van der Waals surface area contributed by atoms with Crippen LogP contribution in [0.25, 0.3) is 0 Å². The lowest BCUT2D eigenvalue weighted by Crippen LogP contribution is -2.41. The third-order valence-electron chi connectivity index (χ3n) is 3.70. The number of benzene rings is 1. The van der Waals surface area contributed by atoms with Crippen LogP contribution in [0.4, 0.5) is 19.0 Å². The van der Waals surface area contributed by atoms with E-state index in [-0.39, 0.29) is 16.6 Å². The highest BCUT2D eigenvalue weighted by Crippen LogP contribution is 2.35. The predicted molar refractivity (Wildman–Crippen MR) is 80.7 cm³/mol. The van der Waals surface area contributed by atoms with Crippen LogP contribution in [0.2, 0.25) is 0 Å². The maximum Gasteiger partial charge on any atom is 0.416 e. The predicted octanol–water partition coefficient (Wildman–Crippen LogP) is 2.71. The molecule has 0 saturated carbocycles. The molecule has 0 N–H and O–H groups in total. The Morgan fingerprint density at radius 3 is 2.67 bits per heavy atom. The lowest BCUT2D eigenvalue weighted by molar-refractivity contribution is -0.137. The van der Waals surface area contributed by atoms with Gasteiger partial charge in [0.15, 0.2) is 10.8 Å². The molecule has 2 atom stereocenters. The highest BCUT2D eigenvalue weighted by Gasteiger charge is 2.36. The van der Waals surface area contributed by atoms with Crippen LogP contribution in [0, 0.1) is 0 Å². The molecule has 1 aliphatic heterocycles. The molecule has 2 heterocycles. The first-order chi connectivity index (χ1) is 11.3. The van der Waals surface area contributed by atoms with Crippen molar-refractivity contribution in [1.82, 2.24) is 9.97 Å². The van der Waals surface area contributed by atoms with Gasteiger partial charge in [0.05, 0.1) is 22.4 Å². The number of aromatic nitrogens is 2. The third-order valence-corrected chi connectivity index (χ3v) is 4.93. The summed E-state index contributed by atoms with van der Waals surface area (Å²) in [4.78, 5) is 21.6. The summed E-state index contributed by atoms with van der Waals surface area (Å²) in [7, 11) is -1.60. The smallest absolute Gasteiger partial charge is 0.286 e. The van der Waals surface area contributed by atoms with Crippen molar-refractivity contribution in [2.45, 2.75) is 24.2 Å². The average molecular weight is 355 g/mol. The molecular weight excluding hydrogens is 343 g/mol. The standard InChI is InChI=1S/C15H12F3N3O2S/c1-9(10-3-2-4-11(7-10)15(16,17)18)21-12(22)8-24(23)14-13(21)19-5-6-20-14/h2-7,9H,8H2,1H3. The van der Waals surface area contributed by atoms with Gasteiger partial charge in [0.2, 0.25) is 5.91 Å². The highest BCUT2D eigenvalue weighted by molar-refractivity contribution is 7.86. The van der Waals surface area contributed by atoms with E-state index in [9.17, 15) is 22.2 Å². The molecule has 2 unspecified atom stereocenters. The molecule has 0 saturated heterocycles. The zero-order valence-corrected chi connectivity index (χ0v) is 13.3. The van der Waals surface area contributed by atoms with E-state index in [0.29, 0.717) is 5.56 Å². The van der Waals surface area contributed by atoms with Crippen molar-refractivity contribution in [1.29, 1.82) is 0 Å². The normalized spacial score (nSPS) is 19.1. The molecule has 1 amide bonds. The second-order valence-corrected chi connectivity index (χ2v) is 6.60. The van der Waals surface area contributed by atoms with Gasteiger partial charge in [0, 0.05) is 12.4 Å². The van der Waals surface area contributed by atoms with Gasteiger partial charge in [0.25, 0.3) is 0 Å². The quantitative estimate of drug-likeness (QED) is 0.831. The Balaban J connectivity index is 2.04. The molecule has 1 aliphatic rings. The van der Waals surface area contributed by atoms with E-state index in [4.69, 9.17) is 0 Å². The number of carbonyl (C=O) groups is 1. The first-order valence-corrected chi connectivity index (χ1v) is 8.29. The van der Waals surface area contributed by atoms with E-state index in [1.165, 1.54) is 29.4 Å². The second-order valence-electron chi connectivity index (χ2n) is 5.24. The first-order valence-electron chi connectivity index (χ1n) is 6.97. The maximum atomic E-state index is 12.9. The third kappa shape index (κ3) is 2.91. The van der Waals surface area contributed by atoms with Crippen molar-refractivity contribution in [2.24, 2.45) is 0 Å². The van der Waals surface area contributed by atoms with Gasteiger partial charge in [-0.1, -0.05) is 12.1 Å². The Bertz CT molecular complexity index is 826. The van der Waals surface area contributed by atoms with E-state index < -0.39 is 34.5 Å². The van der Waals surface area contributed by atoms with Crippen LogP contribution in [0.5, 0.6) is 0 Å². The highest BCUT2D eigenvalue weighted by atomic mass is 32.2. The molecule has 2 aromatic rings. The zero-order valence-electron chi connectivity index (χ0n) is 12.4. The number of fused-ring (bicyclic) bond motifs is 1. The van der Waals surface area contributed by atoms with Crippen LogP contribution in [0.1, 0.15) is 24.1 Å². The van der Waals surface area contributed by atoms with Crippen molar-refractivity contribution < 1.29 is 22.2 Å². The number of halogens is 3. The van der Waals surface area contributed by atoms with Crippen LogP contribution >= 0.6 is 0 Å². The minimum atomic E-state index is -4.47. The van der Waals surface area contributed by atoms with Gasteiger partial charge in [-0.2, -0.15) is 13.2 Å². The number of hydrogen-bond donors (Lipinski definition) is 0. The Hall–Kier alpha value is -2.29. The molecule has 5 nitrogen and oxygen atoms in total. The van der Waals surface area contributed by atoms with Crippen molar-refractivity contribution in [3.63, 3.8) is 0 Å². The van der Waals surface area contributed by atoms with E-state index in [1.807, 2.05) is 0 Å². The minimum absolute atomic E-state index is 0.122. The van der Waals surface area contributed by atoms with E-state index in [2.05, 4.69) is 9.97 Å². The zero-order chi connectivity index (χ0) is 17.5. The van der Waals surface area contributed by atoms with Crippen LogP contribution in [-0.4, -0.2) is 25.8 Å². The molecule has 126 valence electrons. The number of amides is 1. The topological polar surface area (TPSA) is 63.2 Å². The monoisotopic (exact) mass is 355 g/mol. The number of carbonyl (C=O) groups excluding carboxylic acids is 1. The second kappa shape index (κ2) is 5.97. The molecule has 0 fully saturated rings. The summed E-state index contributed by atoms with van der Waals surface area (Å²) in [6.07, 6.45) is -1.76. The molecule has 0 bridgehead atoms. The molecule has 1 aromatic carbocycles. The fourth-order valence-electron chi connectivity index (χ4n) is 2.54. The summed E-state index contributed by atoms with van der Waals surface area (Å²) < 4.78 is 50.7. The molecule has 3 rings (SSSR count). The lowest BCUT2D eigenvalue weighted by atomic mass is 10.0. The van der Waals surface area contributed by atoms with E-state index in [0.717, 1.165) is 12.1 Å². The Labute approximate surface area is 138 Å². The Morgan fingerprint density at radius 2 is 1.96 bits per heavy atom. The Kier molecular flexibility index (Phi) is 4.12. The van der Waals surface area contributed by atoms with Crippen LogP contribution < -0.4 is 4.90 Å². The van der Waals surface area contributed by atoms with Crippen molar-refractivity contribution in [3.8, 4) is 0 Å². The number of hydrogen-bond acceptors (Lipinski definition) is 4. The molecule has 1 aromatic heterocycles. The average Bonchev–Trinajstić information content (AvgIpc) is 2.54. The van der Waals surface area contributed by atoms with Gasteiger partial charge in [-0.15, -0.1) is 0 Å². The van der Waals surface area contributed by atoms with Gasteiger partial charge >= 0.3 is 6.18 Å². The summed E-state index contributed by atoms with van der Waals surface area (Å²) >= 11 is 0. The van der Waals surface area contributed by atoms with Crippen molar-refractivity contribution in [2.75, 3.05) is 10.7 Å². The molecule has 0 aliphatic carbocycles. The Morgan fingerprint density at radius 1 is 1.25 bits per heavy atom. The van der Waals surface area contributed by atoms with Gasteiger partial charge < -0.3 is 0 Å². The lowest BCUT2D eigenvalue weighted by Gasteiger charge is -2.32. The molecule has 0 spiro atoms. The minimum Gasteiger partial charge on any atom is -0.286 e. The molecule has 9 heteroatoms. The fourth-order valence-corrected chi connectivity index (χ4v) is 3.57. The van der Waals surface area contributed by atoms with Gasteiger partial charge in [-0.3, -0.25) is 13.9 Å². The number of alkyl halides is 3. The molecular formula is C15H12F3N3O2S.